The highest BCUT2D eigenvalue weighted by Crippen LogP contribution is 2.31. The fourth-order valence-electron chi connectivity index (χ4n) is 2.64. The maximum absolute atomic E-state index is 11.8. The molecule has 0 radical (unpaired) electrons. The molecule has 1 fully saturated rings. The SMILES string of the molecule is CC1CCCC(CO)(NC(=O)CCN(C)C)C1. The Bertz CT molecular complexity index is 256. The molecule has 0 aromatic carbocycles. The van der Waals surface area contributed by atoms with Gasteiger partial charge < -0.3 is 15.3 Å². The number of carbonyl (C=O) groups is 1. The monoisotopic (exact) mass is 242 g/mol. The lowest BCUT2D eigenvalue weighted by Crippen LogP contribution is -2.54. The summed E-state index contributed by atoms with van der Waals surface area (Å²) in [6.07, 6.45) is 4.60. The lowest BCUT2D eigenvalue weighted by atomic mass is 9.77. The van der Waals surface area contributed by atoms with Crippen LogP contribution in [0.4, 0.5) is 0 Å². The second-order valence-electron chi connectivity index (χ2n) is 5.74. The normalized spacial score (nSPS) is 29.4. The molecule has 17 heavy (non-hydrogen) atoms. The van der Waals surface area contributed by atoms with E-state index < -0.39 is 0 Å². The molecule has 0 saturated heterocycles. The van der Waals surface area contributed by atoms with Crippen molar-refractivity contribution in [2.75, 3.05) is 27.2 Å². The predicted octanol–water partition coefficient (Wildman–Crippen LogP) is 0.995. The summed E-state index contributed by atoms with van der Waals surface area (Å²) in [5, 5.41) is 12.6. The fourth-order valence-corrected chi connectivity index (χ4v) is 2.64. The first kappa shape index (κ1) is 14.5. The van der Waals surface area contributed by atoms with Crippen molar-refractivity contribution in [3.63, 3.8) is 0 Å². The summed E-state index contributed by atoms with van der Waals surface area (Å²) in [6, 6.07) is 0. The number of rotatable bonds is 5. The largest absolute Gasteiger partial charge is 0.394 e. The lowest BCUT2D eigenvalue weighted by molar-refractivity contribution is -0.124. The number of nitrogens with one attached hydrogen (secondary N) is 1. The minimum absolute atomic E-state index is 0.0573. The highest BCUT2D eigenvalue weighted by atomic mass is 16.3. The smallest absolute Gasteiger partial charge is 0.221 e. The summed E-state index contributed by atoms with van der Waals surface area (Å²) < 4.78 is 0. The van der Waals surface area contributed by atoms with E-state index in [4.69, 9.17) is 0 Å². The third kappa shape index (κ3) is 4.64. The number of aliphatic hydroxyl groups excluding tert-OH is 1. The van der Waals surface area contributed by atoms with Crippen LogP contribution in [0.1, 0.15) is 39.0 Å². The van der Waals surface area contributed by atoms with E-state index in [1.807, 2.05) is 19.0 Å². The van der Waals surface area contributed by atoms with Crippen molar-refractivity contribution in [3.05, 3.63) is 0 Å². The van der Waals surface area contributed by atoms with Crippen LogP contribution < -0.4 is 5.32 Å². The van der Waals surface area contributed by atoms with Gasteiger partial charge in [0.2, 0.25) is 5.91 Å². The van der Waals surface area contributed by atoms with Crippen LogP contribution in [0.3, 0.4) is 0 Å². The van der Waals surface area contributed by atoms with Gasteiger partial charge in [0.25, 0.3) is 0 Å². The molecule has 0 aromatic heterocycles. The average molecular weight is 242 g/mol. The molecule has 1 rings (SSSR count). The van der Waals surface area contributed by atoms with E-state index in [1.165, 1.54) is 6.42 Å². The highest BCUT2D eigenvalue weighted by Gasteiger charge is 2.35. The maximum Gasteiger partial charge on any atom is 0.221 e. The zero-order chi connectivity index (χ0) is 12.9. The molecule has 0 spiro atoms. The molecule has 1 saturated carbocycles. The summed E-state index contributed by atoms with van der Waals surface area (Å²) in [6.45, 7) is 3.00. The van der Waals surface area contributed by atoms with E-state index >= 15 is 0 Å². The second-order valence-corrected chi connectivity index (χ2v) is 5.74. The molecule has 2 atom stereocenters. The van der Waals surface area contributed by atoms with Crippen LogP contribution in [0.5, 0.6) is 0 Å². The Morgan fingerprint density at radius 1 is 1.53 bits per heavy atom. The van der Waals surface area contributed by atoms with Crippen molar-refractivity contribution in [2.45, 2.75) is 44.6 Å². The quantitative estimate of drug-likeness (QED) is 0.756. The molecule has 100 valence electrons. The molecular formula is C13H26N2O2. The summed E-state index contributed by atoms with van der Waals surface area (Å²) in [5.41, 5.74) is -0.360. The Morgan fingerprint density at radius 3 is 2.76 bits per heavy atom. The third-order valence-electron chi connectivity index (χ3n) is 3.58. The van der Waals surface area contributed by atoms with E-state index in [-0.39, 0.29) is 18.1 Å². The Morgan fingerprint density at radius 2 is 2.24 bits per heavy atom. The molecule has 0 aliphatic heterocycles. The molecule has 0 aromatic rings. The van der Waals surface area contributed by atoms with Gasteiger partial charge in [-0.2, -0.15) is 0 Å². The van der Waals surface area contributed by atoms with Crippen LogP contribution in [0.15, 0.2) is 0 Å². The number of aliphatic hydroxyl groups is 1. The molecule has 4 nitrogen and oxygen atoms in total. The fraction of sp³-hybridized carbons (Fsp3) is 0.923. The Labute approximate surface area is 104 Å². The van der Waals surface area contributed by atoms with Gasteiger partial charge in [-0.25, -0.2) is 0 Å². The van der Waals surface area contributed by atoms with Gasteiger partial charge in [-0.3, -0.25) is 4.79 Å². The first-order valence-corrected chi connectivity index (χ1v) is 6.54. The predicted molar refractivity (Wildman–Crippen MR) is 68.8 cm³/mol. The van der Waals surface area contributed by atoms with E-state index in [1.54, 1.807) is 0 Å². The molecule has 1 aliphatic carbocycles. The van der Waals surface area contributed by atoms with Crippen LogP contribution in [0.2, 0.25) is 0 Å². The van der Waals surface area contributed by atoms with Crippen LogP contribution in [0, 0.1) is 5.92 Å². The van der Waals surface area contributed by atoms with Gasteiger partial charge in [-0.05, 0) is 32.9 Å². The number of carbonyl (C=O) groups excluding carboxylic acids is 1. The molecule has 0 heterocycles. The molecule has 1 aliphatic rings. The first-order chi connectivity index (χ1) is 7.97. The van der Waals surface area contributed by atoms with Gasteiger partial charge in [0.1, 0.15) is 0 Å². The molecule has 4 heteroatoms. The minimum Gasteiger partial charge on any atom is -0.394 e. The van der Waals surface area contributed by atoms with Crippen molar-refractivity contribution in [2.24, 2.45) is 5.92 Å². The summed E-state index contributed by atoms with van der Waals surface area (Å²) in [4.78, 5) is 13.8. The molecule has 0 bridgehead atoms. The second kappa shape index (κ2) is 6.36. The topological polar surface area (TPSA) is 52.6 Å². The van der Waals surface area contributed by atoms with E-state index in [9.17, 15) is 9.90 Å². The lowest BCUT2D eigenvalue weighted by Gasteiger charge is -2.39. The highest BCUT2D eigenvalue weighted by molar-refractivity contribution is 5.77. The number of amides is 1. The summed E-state index contributed by atoms with van der Waals surface area (Å²) in [5.74, 6) is 0.645. The number of hydrogen-bond acceptors (Lipinski definition) is 3. The minimum atomic E-state index is -0.360. The van der Waals surface area contributed by atoms with Gasteiger partial charge in [0.05, 0.1) is 12.1 Å². The average Bonchev–Trinajstić information content (AvgIpc) is 2.26. The Kier molecular flexibility index (Phi) is 5.40. The van der Waals surface area contributed by atoms with Gasteiger partial charge in [-0.1, -0.05) is 19.8 Å². The maximum atomic E-state index is 11.8. The van der Waals surface area contributed by atoms with Gasteiger partial charge in [0, 0.05) is 13.0 Å². The Hall–Kier alpha value is -0.610. The third-order valence-corrected chi connectivity index (χ3v) is 3.58. The molecule has 1 amide bonds. The van der Waals surface area contributed by atoms with Crippen molar-refractivity contribution < 1.29 is 9.90 Å². The van der Waals surface area contributed by atoms with Gasteiger partial charge >= 0.3 is 0 Å². The Balaban J connectivity index is 2.47. The zero-order valence-corrected chi connectivity index (χ0v) is 11.3. The van der Waals surface area contributed by atoms with Crippen molar-refractivity contribution >= 4 is 5.91 Å². The van der Waals surface area contributed by atoms with Crippen LogP contribution in [0.25, 0.3) is 0 Å². The molecule has 2 N–H and O–H groups in total. The van der Waals surface area contributed by atoms with Crippen LogP contribution in [-0.4, -0.2) is 48.7 Å². The number of hydrogen-bond donors (Lipinski definition) is 2. The van der Waals surface area contributed by atoms with Crippen LogP contribution in [-0.2, 0) is 4.79 Å². The summed E-state index contributed by atoms with van der Waals surface area (Å²) >= 11 is 0. The van der Waals surface area contributed by atoms with Gasteiger partial charge in [-0.15, -0.1) is 0 Å². The standard InChI is InChI=1S/C13H26N2O2/c1-11-5-4-7-13(9-11,10-16)14-12(17)6-8-15(2)3/h11,16H,4-10H2,1-3H3,(H,14,17). The number of nitrogens with zero attached hydrogens (tertiary/aromatic N) is 1. The van der Waals surface area contributed by atoms with E-state index in [2.05, 4.69) is 12.2 Å². The van der Waals surface area contributed by atoms with E-state index in [0.717, 1.165) is 25.8 Å². The van der Waals surface area contributed by atoms with Crippen LogP contribution >= 0.6 is 0 Å². The van der Waals surface area contributed by atoms with E-state index in [0.29, 0.717) is 12.3 Å². The van der Waals surface area contributed by atoms with Crippen molar-refractivity contribution in [1.29, 1.82) is 0 Å². The zero-order valence-electron chi connectivity index (χ0n) is 11.3. The van der Waals surface area contributed by atoms with Crippen molar-refractivity contribution in [1.82, 2.24) is 10.2 Å². The first-order valence-electron chi connectivity index (χ1n) is 6.54. The summed E-state index contributed by atoms with van der Waals surface area (Å²) in [7, 11) is 3.91. The van der Waals surface area contributed by atoms with Gasteiger partial charge in [0.15, 0.2) is 0 Å². The van der Waals surface area contributed by atoms with Crippen molar-refractivity contribution in [3.8, 4) is 0 Å². The molecule has 2 unspecified atom stereocenters. The molecular weight excluding hydrogens is 216 g/mol.